The summed E-state index contributed by atoms with van der Waals surface area (Å²) in [6.45, 7) is 3.68. The Morgan fingerprint density at radius 1 is 1.40 bits per heavy atom. The first-order valence-electron chi connectivity index (χ1n) is 6.29. The molecule has 7 heteroatoms. The summed E-state index contributed by atoms with van der Waals surface area (Å²) in [4.78, 5) is 2.23. The molecule has 1 aliphatic rings. The van der Waals surface area contributed by atoms with Crippen molar-refractivity contribution in [2.45, 2.75) is 6.04 Å². The van der Waals surface area contributed by atoms with Gasteiger partial charge in [-0.2, -0.15) is 0 Å². The Hall–Kier alpha value is -0.530. The number of phenolic OH excluding ortho intramolecular Hbond substituents is 1. The van der Waals surface area contributed by atoms with E-state index < -0.39 is 0 Å². The average Bonchev–Trinajstić information content (AvgIpc) is 2.44. The Kier molecular flexibility index (Phi) is 7.05. The first kappa shape index (κ1) is 17.5. The first-order valence-corrected chi connectivity index (χ1v) is 7.08. The summed E-state index contributed by atoms with van der Waals surface area (Å²) in [5.41, 5.74) is 0.936. The number of halogens is 2. The van der Waals surface area contributed by atoms with Crippen molar-refractivity contribution < 1.29 is 14.9 Å². The number of hydrogen-bond acceptors (Lipinski definition) is 5. The topological polar surface area (TPSA) is 65.0 Å². The molecule has 3 N–H and O–H groups in total. The number of aliphatic hydroxyl groups excluding tert-OH is 1. The third-order valence-corrected chi connectivity index (χ3v) is 4.03. The van der Waals surface area contributed by atoms with Crippen molar-refractivity contribution in [3.05, 3.63) is 22.2 Å². The molecule has 5 nitrogen and oxygen atoms in total. The summed E-state index contributed by atoms with van der Waals surface area (Å²) in [7, 11) is 1.52. The van der Waals surface area contributed by atoms with Crippen molar-refractivity contribution in [3.63, 3.8) is 0 Å². The molecule has 0 aliphatic carbocycles. The molecule has 1 aromatic carbocycles. The van der Waals surface area contributed by atoms with E-state index in [1.165, 1.54) is 7.11 Å². The highest BCUT2D eigenvalue weighted by atomic mass is 79.9. The lowest BCUT2D eigenvalue weighted by Crippen LogP contribution is -2.46. The molecule has 2 rings (SSSR count). The number of ether oxygens (including phenoxy) is 1. The second kappa shape index (κ2) is 8.05. The molecule has 0 spiro atoms. The predicted molar refractivity (Wildman–Crippen MR) is 83.9 cm³/mol. The summed E-state index contributed by atoms with van der Waals surface area (Å²) in [6.07, 6.45) is 0. The van der Waals surface area contributed by atoms with Crippen molar-refractivity contribution in [1.29, 1.82) is 0 Å². The molecule has 0 bridgehead atoms. The SMILES string of the molecule is COc1cc([C@@H](CO)N2CCNCC2)cc(Br)c1O.Cl. The number of benzene rings is 1. The third-order valence-electron chi connectivity index (χ3n) is 3.42. The second-order valence-electron chi connectivity index (χ2n) is 4.54. The predicted octanol–water partition coefficient (Wildman–Crippen LogP) is 1.52. The number of piperazine rings is 1. The van der Waals surface area contributed by atoms with Crippen LogP contribution < -0.4 is 10.1 Å². The highest BCUT2D eigenvalue weighted by Crippen LogP contribution is 2.37. The van der Waals surface area contributed by atoms with Crippen molar-refractivity contribution in [3.8, 4) is 11.5 Å². The number of nitrogens with one attached hydrogen (secondary N) is 1. The number of hydrogen-bond donors (Lipinski definition) is 3. The Morgan fingerprint density at radius 2 is 2.05 bits per heavy atom. The van der Waals surface area contributed by atoms with Crippen molar-refractivity contribution in [2.75, 3.05) is 39.9 Å². The molecule has 0 saturated carbocycles. The molecule has 0 aromatic heterocycles. The Balaban J connectivity index is 0.00000200. The van der Waals surface area contributed by atoms with Crippen LogP contribution in [0.1, 0.15) is 11.6 Å². The number of aromatic hydroxyl groups is 1. The molecule has 1 heterocycles. The maximum Gasteiger partial charge on any atom is 0.172 e. The van der Waals surface area contributed by atoms with Gasteiger partial charge in [0, 0.05) is 26.2 Å². The highest BCUT2D eigenvalue weighted by Gasteiger charge is 2.23. The molecule has 1 atom stereocenters. The van der Waals surface area contributed by atoms with Crippen LogP contribution in [0.3, 0.4) is 0 Å². The summed E-state index contributed by atoms with van der Waals surface area (Å²) in [5.74, 6) is 0.501. The lowest BCUT2D eigenvalue weighted by Gasteiger charge is -2.34. The van der Waals surface area contributed by atoms with E-state index >= 15 is 0 Å². The fourth-order valence-corrected chi connectivity index (χ4v) is 2.83. The Labute approximate surface area is 133 Å². The Bertz CT molecular complexity index is 442. The molecule has 20 heavy (non-hydrogen) atoms. The van der Waals surface area contributed by atoms with Crippen LogP contribution in [0, 0.1) is 0 Å². The van der Waals surface area contributed by atoms with Crippen LogP contribution in [0.4, 0.5) is 0 Å². The molecular weight excluding hydrogens is 348 g/mol. The highest BCUT2D eigenvalue weighted by molar-refractivity contribution is 9.10. The zero-order chi connectivity index (χ0) is 13.8. The van der Waals surface area contributed by atoms with Gasteiger partial charge < -0.3 is 20.3 Å². The fraction of sp³-hybridized carbons (Fsp3) is 0.538. The Morgan fingerprint density at radius 3 is 2.60 bits per heavy atom. The van der Waals surface area contributed by atoms with Crippen molar-refractivity contribution in [1.82, 2.24) is 10.2 Å². The summed E-state index contributed by atoms with van der Waals surface area (Å²) in [5, 5.41) is 22.8. The number of phenols is 1. The van der Waals surface area contributed by atoms with Crippen LogP contribution >= 0.6 is 28.3 Å². The maximum absolute atomic E-state index is 9.83. The fourth-order valence-electron chi connectivity index (χ4n) is 2.37. The minimum absolute atomic E-state index is 0. The van der Waals surface area contributed by atoms with Gasteiger partial charge in [-0.15, -0.1) is 12.4 Å². The molecule has 114 valence electrons. The zero-order valence-electron chi connectivity index (χ0n) is 11.3. The molecule has 1 aliphatic heterocycles. The quantitative estimate of drug-likeness (QED) is 0.753. The van der Waals surface area contributed by atoms with Crippen LogP contribution in [0.2, 0.25) is 0 Å². The molecule has 1 fully saturated rings. The van der Waals surface area contributed by atoms with Crippen LogP contribution in [0.15, 0.2) is 16.6 Å². The minimum atomic E-state index is -0.0760. The summed E-state index contributed by atoms with van der Waals surface area (Å²) < 4.78 is 5.74. The van der Waals surface area contributed by atoms with Gasteiger partial charge in [-0.25, -0.2) is 0 Å². The molecule has 0 unspecified atom stereocenters. The van der Waals surface area contributed by atoms with Gasteiger partial charge in [0.05, 0.1) is 24.2 Å². The zero-order valence-corrected chi connectivity index (χ0v) is 13.7. The van der Waals surface area contributed by atoms with Gasteiger partial charge in [0.15, 0.2) is 11.5 Å². The van der Waals surface area contributed by atoms with Crippen molar-refractivity contribution >= 4 is 28.3 Å². The van der Waals surface area contributed by atoms with Crippen LogP contribution in [-0.4, -0.2) is 55.0 Å². The maximum atomic E-state index is 9.83. The lowest BCUT2D eigenvalue weighted by atomic mass is 10.0. The number of rotatable bonds is 4. The van der Waals surface area contributed by atoms with E-state index in [0.717, 1.165) is 31.7 Å². The monoisotopic (exact) mass is 366 g/mol. The van der Waals surface area contributed by atoms with E-state index in [-0.39, 0.29) is 30.8 Å². The number of aliphatic hydroxyl groups is 1. The normalized spacial score (nSPS) is 17.4. The van der Waals surface area contributed by atoms with Gasteiger partial charge in [0.2, 0.25) is 0 Å². The van der Waals surface area contributed by atoms with Crippen LogP contribution in [0.5, 0.6) is 11.5 Å². The molecule has 0 amide bonds. The number of methoxy groups -OCH3 is 1. The smallest absolute Gasteiger partial charge is 0.172 e. The summed E-state index contributed by atoms with van der Waals surface area (Å²) in [6, 6.07) is 3.54. The van der Waals surface area contributed by atoms with E-state index in [1.54, 1.807) is 6.07 Å². The molecular formula is C13H20BrClN2O3. The van der Waals surface area contributed by atoms with E-state index in [9.17, 15) is 10.2 Å². The van der Waals surface area contributed by atoms with E-state index in [4.69, 9.17) is 4.74 Å². The van der Waals surface area contributed by atoms with Gasteiger partial charge in [-0.1, -0.05) is 0 Å². The van der Waals surface area contributed by atoms with Crippen LogP contribution in [-0.2, 0) is 0 Å². The largest absolute Gasteiger partial charge is 0.503 e. The van der Waals surface area contributed by atoms with Crippen LogP contribution in [0.25, 0.3) is 0 Å². The molecule has 1 saturated heterocycles. The average molecular weight is 368 g/mol. The number of nitrogens with zero attached hydrogens (tertiary/aromatic N) is 1. The van der Waals surface area contributed by atoms with Gasteiger partial charge in [-0.3, -0.25) is 4.90 Å². The van der Waals surface area contributed by atoms with Gasteiger partial charge in [-0.05, 0) is 33.6 Å². The van der Waals surface area contributed by atoms with E-state index in [1.807, 2.05) is 6.07 Å². The van der Waals surface area contributed by atoms with Gasteiger partial charge in [0.25, 0.3) is 0 Å². The van der Waals surface area contributed by atoms with Gasteiger partial charge >= 0.3 is 0 Å². The first-order chi connectivity index (χ1) is 9.17. The summed E-state index contributed by atoms with van der Waals surface area (Å²) >= 11 is 3.32. The van der Waals surface area contributed by atoms with Crippen molar-refractivity contribution in [2.24, 2.45) is 0 Å². The molecule has 1 aromatic rings. The second-order valence-corrected chi connectivity index (χ2v) is 5.39. The van der Waals surface area contributed by atoms with Gasteiger partial charge in [0.1, 0.15) is 0 Å². The standard InChI is InChI=1S/C13H19BrN2O3.ClH/c1-19-12-7-9(6-10(14)13(12)18)11(8-17)16-4-2-15-3-5-16;/h6-7,11,15,17-18H,2-5,8H2,1H3;1H/t11-;/m1./s1. The minimum Gasteiger partial charge on any atom is -0.503 e. The molecule has 0 radical (unpaired) electrons. The van der Waals surface area contributed by atoms with E-state index in [0.29, 0.717) is 10.2 Å². The van der Waals surface area contributed by atoms with E-state index in [2.05, 4.69) is 26.1 Å². The third kappa shape index (κ3) is 3.77. The lowest BCUT2D eigenvalue weighted by molar-refractivity contribution is 0.110.